The Morgan fingerprint density at radius 1 is 1.03 bits per heavy atom. The first-order chi connectivity index (χ1) is 13.9. The second-order valence-corrected chi connectivity index (χ2v) is 8.72. The third kappa shape index (κ3) is 5.26. The molecule has 0 saturated carbocycles. The van der Waals surface area contributed by atoms with Crippen LogP contribution in [0.3, 0.4) is 0 Å². The van der Waals surface area contributed by atoms with E-state index in [0.717, 1.165) is 11.3 Å². The summed E-state index contributed by atoms with van der Waals surface area (Å²) < 4.78 is 36.2. The van der Waals surface area contributed by atoms with Gasteiger partial charge in [0.05, 0.1) is 23.5 Å². The van der Waals surface area contributed by atoms with Crippen LogP contribution in [-0.4, -0.2) is 39.4 Å². The Labute approximate surface area is 170 Å². The van der Waals surface area contributed by atoms with Gasteiger partial charge in [0.25, 0.3) is 5.91 Å². The lowest BCUT2D eigenvalue weighted by molar-refractivity contribution is 0.0741. The summed E-state index contributed by atoms with van der Waals surface area (Å²) in [4.78, 5) is 14.4. The molecule has 0 saturated heterocycles. The molecule has 0 aliphatic carbocycles. The highest BCUT2D eigenvalue weighted by atomic mass is 32.2. The predicted molar refractivity (Wildman–Crippen MR) is 110 cm³/mol. The highest BCUT2D eigenvalue weighted by molar-refractivity contribution is 7.90. The van der Waals surface area contributed by atoms with Crippen LogP contribution in [0, 0.1) is 6.92 Å². The second-order valence-electron chi connectivity index (χ2n) is 6.74. The molecule has 7 heteroatoms. The molecular weight excluding hydrogens is 390 g/mol. The van der Waals surface area contributed by atoms with Crippen LogP contribution in [0.5, 0.6) is 5.75 Å². The maximum atomic E-state index is 12.7. The van der Waals surface area contributed by atoms with Gasteiger partial charge in [-0.15, -0.1) is 0 Å². The molecule has 0 radical (unpaired) electrons. The summed E-state index contributed by atoms with van der Waals surface area (Å²) in [6.07, 6.45) is 1.33. The van der Waals surface area contributed by atoms with Crippen molar-refractivity contribution in [3.8, 4) is 5.75 Å². The summed E-state index contributed by atoms with van der Waals surface area (Å²) in [5.74, 6) is 0.0645. The number of amides is 1. The lowest BCUT2D eigenvalue weighted by Crippen LogP contribution is -2.31. The number of aryl methyl sites for hydroxylation is 1. The van der Waals surface area contributed by atoms with E-state index in [9.17, 15) is 13.2 Å². The number of nitrogens with zero attached hydrogens (tertiary/aromatic N) is 1. The van der Waals surface area contributed by atoms with Gasteiger partial charge in [0.1, 0.15) is 12.4 Å². The normalized spacial score (nSPS) is 11.2. The van der Waals surface area contributed by atoms with Crippen LogP contribution in [0.4, 0.5) is 0 Å². The molecule has 1 amide bonds. The fourth-order valence-corrected chi connectivity index (χ4v) is 4.14. The fourth-order valence-electron chi connectivity index (χ4n) is 2.76. The van der Waals surface area contributed by atoms with Crippen LogP contribution in [-0.2, 0) is 15.6 Å². The van der Waals surface area contributed by atoms with E-state index in [4.69, 9.17) is 9.15 Å². The molecule has 3 rings (SSSR count). The average molecular weight is 413 g/mol. The Balaban J connectivity index is 1.63. The standard InChI is InChI=1S/C22H23NO5S/c1-17-8-10-19(11-9-17)27-15-13-23(2)22(24)21-18(12-14-28-21)16-29(25,26)20-6-4-3-5-7-20/h3-12,14H,13,15-16H2,1-2H3. The molecule has 2 aromatic carbocycles. The van der Waals surface area contributed by atoms with E-state index in [-0.39, 0.29) is 22.3 Å². The minimum Gasteiger partial charge on any atom is -0.492 e. The lowest BCUT2D eigenvalue weighted by atomic mass is 10.2. The molecule has 0 unspecified atom stereocenters. The summed E-state index contributed by atoms with van der Waals surface area (Å²) in [5, 5.41) is 0. The van der Waals surface area contributed by atoms with Gasteiger partial charge in [-0.25, -0.2) is 8.42 Å². The molecule has 1 aromatic heterocycles. The number of carbonyl (C=O) groups excluding carboxylic acids is 1. The topological polar surface area (TPSA) is 76.8 Å². The van der Waals surface area contributed by atoms with Crippen LogP contribution < -0.4 is 4.74 Å². The molecule has 6 nitrogen and oxygen atoms in total. The van der Waals surface area contributed by atoms with Crippen molar-refractivity contribution >= 4 is 15.7 Å². The number of hydrogen-bond donors (Lipinski definition) is 0. The number of carbonyl (C=O) groups is 1. The number of sulfone groups is 1. The van der Waals surface area contributed by atoms with E-state index < -0.39 is 9.84 Å². The van der Waals surface area contributed by atoms with Gasteiger partial charge in [0, 0.05) is 12.6 Å². The van der Waals surface area contributed by atoms with Crippen molar-refractivity contribution < 1.29 is 22.4 Å². The molecular formula is C22H23NO5S. The van der Waals surface area contributed by atoms with Gasteiger partial charge >= 0.3 is 0 Å². The van der Waals surface area contributed by atoms with Crippen LogP contribution >= 0.6 is 0 Å². The quantitative estimate of drug-likeness (QED) is 0.563. The smallest absolute Gasteiger partial charge is 0.289 e. The first-order valence-corrected chi connectivity index (χ1v) is 10.8. The van der Waals surface area contributed by atoms with Gasteiger partial charge in [-0.3, -0.25) is 4.79 Å². The minimum absolute atomic E-state index is 0.0299. The Morgan fingerprint density at radius 3 is 2.41 bits per heavy atom. The summed E-state index contributed by atoms with van der Waals surface area (Å²) in [6.45, 7) is 2.64. The molecule has 0 N–H and O–H groups in total. The Morgan fingerprint density at radius 2 is 1.72 bits per heavy atom. The molecule has 0 spiro atoms. The van der Waals surface area contributed by atoms with Crippen molar-refractivity contribution in [2.45, 2.75) is 17.6 Å². The largest absolute Gasteiger partial charge is 0.492 e. The summed E-state index contributed by atoms with van der Waals surface area (Å²) in [7, 11) is -1.95. The van der Waals surface area contributed by atoms with Crippen LogP contribution in [0.25, 0.3) is 0 Å². The minimum atomic E-state index is -3.58. The maximum Gasteiger partial charge on any atom is 0.289 e. The van der Waals surface area contributed by atoms with Crippen molar-refractivity contribution in [1.82, 2.24) is 4.90 Å². The van der Waals surface area contributed by atoms with Gasteiger partial charge in [-0.2, -0.15) is 0 Å². The van der Waals surface area contributed by atoms with Crippen molar-refractivity contribution in [3.63, 3.8) is 0 Å². The monoisotopic (exact) mass is 413 g/mol. The molecule has 0 aliphatic heterocycles. The summed E-state index contributed by atoms with van der Waals surface area (Å²) in [5.41, 5.74) is 1.48. The molecule has 0 atom stereocenters. The van der Waals surface area contributed by atoms with E-state index >= 15 is 0 Å². The van der Waals surface area contributed by atoms with Gasteiger partial charge in [0.2, 0.25) is 0 Å². The first-order valence-electron chi connectivity index (χ1n) is 9.16. The second kappa shape index (κ2) is 8.96. The highest BCUT2D eigenvalue weighted by Gasteiger charge is 2.24. The number of likely N-dealkylation sites (N-methyl/N-ethyl adjacent to an activating group) is 1. The van der Waals surface area contributed by atoms with Gasteiger partial charge < -0.3 is 14.1 Å². The maximum absolute atomic E-state index is 12.7. The van der Waals surface area contributed by atoms with E-state index in [1.54, 1.807) is 25.2 Å². The molecule has 0 aliphatic rings. The third-order valence-corrected chi connectivity index (χ3v) is 6.13. The van der Waals surface area contributed by atoms with Crippen LogP contribution in [0.2, 0.25) is 0 Å². The van der Waals surface area contributed by atoms with E-state index in [0.29, 0.717) is 18.7 Å². The Kier molecular flexibility index (Phi) is 6.39. The van der Waals surface area contributed by atoms with Gasteiger partial charge in [0.15, 0.2) is 15.6 Å². The molecule has 0 bridgehead atoms. The number of hydrogen-bond acceptors (Lipinski definition) is 5. The SMILES string of the molecule is Cc1ccc(OCCN(C)C(=O)c2occc2CS(=O)(=O)c2ccccc2)cc1. The van der Waals surface area contributed by atoms with Crippen molar-refractivity contribution in [3.05, 3.63) is 83.8 Å². The van der Waals surface area contributed by atoms with Crippen molar-refractivity contribution in [2.75, 3.05) is 20.2 Å². The van der Waals surface area contributed by atoms with Crippen molar-refractivity contribution in [1.29, 1.82) is 0 Å². The lowest BCUT2D eigenvalue weighted by Gasteiger charge is -2.17. The third-order valence-electron chi connectivity index (χ3n) is 4.45. The van der Waals surface area contributed by atoms with Crippen LogP contribution in [0.15, 0.2) is 76.2 Å². The van der Waals surface area contributed by atoms with Gasteiger partial charge in [-0.1, -0.05) is 35.9 Å². The zero-order valence-corrected chi connectivity index (χ0v) is 17.2. The predicted octanol–water partition coefficient (Wildman–Crippen LogP) is 3.71. The molecule has 1 heterocycles. The highest BCUT2D eigenvalue weighted by Crippen LogP contribution is 2.21. The molecule has 3 aromatic rings. The number of ether oxygens (including phenoxy) is 1. The average Bonchev–Trinajstić information content (AvgIpc) is 3.16. The molecule has 29 heavy (non-hydrogen) atoms. The zero-order valence-electron chi connectivity index (χ0n) is 16.4. The number of rotatable bonds is 8. The molecule has 152 valence electrons. The summed E-state index contributed by atoms with van der Waals surface area (Å²) in [6, 6.07) is 17.3. The summed E-state index contributed by atoms with van der Waals surface area (Å²) >= 11 is 0. The van der Waals surface area contributed by atoms with Crippen molar-refractivity contribution in [2.24, 2.45) is 0 Å². The van der Waals surface area contributed by atoms with E-state index in [2.05, 4.69) is 0 Å². The molecule has 0 fully saturated rings. The Bertz CT molecular complexity index is 1060. The first kappa shape index (κ1) is 20.7. The Hall–Kier alpha value is -3.06. The van der Waals surface area contributed by atoms with E-state index in [1.807, 2.05) is 31.2 Å². The number of benzene rings is 2. The van der Waals surface area contributed by atoms with Gasteiger partial charge in [-0.05, 0) is 37.3 Å². The fraction of sp³-hybridized carbons (Fsp3) is 0.227. The zero-order chi connectivity index (χ0) is 20.9. The number of furan rings is 1. The van der Waals surface area contributed by atoms with Crippen LogP contribution in [0.1, 0.15) is 21.7 Å². The van der Waals surface area contributed by atoms with E-state index in [1.165, 1.54) is 29.4 Å².